The Hall–Kier alpha value is -2.04. The summed E-state index contributed by atoms with van der Waals surface area (Å²) in [4.78, 5) is 24.1. The Bertz CT molecular complexity index is 486. The van der Waals surface area contributed by atoms with E-state index in [2.05, 4.69) is 0 Å². The van der Waals surface area contributed by atoms with E-state index in [0.717, 1.165) is 11.3 Å². The van der Waals surface area contributed by atoms with Gasteiger partial charge in [0, 0.05) is 6.54 Å². The van der Waals surface area contributed by atoms with E-state index in [1.807, 2.05) is 31.2 Å². The lowest BCUT2D eigenvalue weighted by atomic mass is 10.1. The maximum atomic E-state index is 11.7. The Morgan fingerprint density at radius 1 is 1.47 bits per heavy atom. The predicted molar refractivity (Wildman–Crippen MR) is 69.0 cm³/mol. The molecule has 0 aromatic heterocycles. The summed E-state index contributed by atoms with van der Waals surface area (Å²) in [7, 11) is 0. The number of benzene rings is 1. The quantitative estimate of drug-likeness (QED) is 0.813. The number of aliphatic carboxylic acids is 1. The van der Waals surface area contributed by atoms with E-state index < -0.39 is 11.9 Å². The number of carbonyl (C=O) groups excluding carboxylic acids is 1. The molecule has 1 aliphatic rings. The van der Waals surface area contributed by atoms with Gasteiger partial charge in [-0.3, -0.25) is 9.59 Å². The molecule has 0 saturated carbocycles. The lowest BCUT2D eigenvalue weighted by Crippen LogP contribution is -2.33. The fourth-order valence-corrected chi connectivity index (χ4v) is 2.17. The van der Waals surface area contributed by atoms with Crippen molar-refractivity contribution in [3.8, 4) is 5.75 Å². The molecule has 1 atom stereocenters. The predicted octanol–water partition coefficient (Wildman–Crippen LogP) is 1.31. The summed E-state index contributed by atoms with van der Waals surface area (Å²) >= 11 is 0. The van der Waals surface area contributed by atoms with Crippen molar-refractivity contribution in [3.05, 3.63) is 29.8 Å². The molecule has 0 radical (unpaired) electrons. The molecular formula is C14H17NO4. The van der Waals surface area contributed by atoms with Crippen LogP contribution in [0, 0.1) is 12.8 Å². The second-order valence-corrected chi connectivity index (χ2v) is 4.62. The number of ether oxygens (including phenoxy) is 1. The van der Waals surface area contributed by atoms with Crippen molar-refractivity contribution >= 4 is 11.9 Å². The zero-order chi connectivity index (χ0) is 13.8. The van der Waals surface area contributed by atoms with Crippen LogP contribution in [0.3, 0.4) is 0 Å². The first-order valence-electron chi connectivity index (χ1n) is 6.29. The van der Waals surface area contributed by atoms with Gasteiger partial charge in [0.15, 0.2) is 0 Å². The van der Waals surface area contributed by atoms with Crippen LogP contribution in [0.15, 0.2) is 24.3 Å². The van der Waals surface area contributed by atoms with Crippen molar-refractivity contribution in [1.82, 2.24) is 4.90 Å². The number of likely N-dealkylation sites (tertiary alicyclic amines) is 1. The highest BCUT2D eigenvalue weighted by Gasteiger charge is 2.36. The number of para-hydroxylation sites is 1. The van der Waals surface area contributed by atoms with Crippen LogP contribution in [0.25, 0.3) is 0 Å². The maximum Gasteiger partial charge on any atom is 0.316 e. The first kappa shape index (κ1) is 13.4. The van der Waals surface area contributed by atoms with Crippen molar-refractivity contribution in [3.63, 3.8) is 0 Å². The molecule has 1 unspecified atom stereocenters. The number of amides is 1. The number of hydrogen-bond acceptors (Lipinski definition) is 3. The molecule has 1 fully saturated rings. The zero-order valence-corrected chi connectivity index (χ0v) is 10.8. The summed E-state index contributed by atoms with van der Waals surface area (Å²) in [6.45, 7) is 3.25. The second kappa shape index (κ2) is 5.73. The van der Waals surface area contributed by atoms with Gasteiger partial charge in [-0.05, 0) is 25.0 Å². The smallest absolute Gasteiger partial charge is 0.316 e. The summed E-state index contributed by atoms with van der Waals surface area (Å²) in [5.41, 5.74) is 1.04. The van der Waals surface area contributed by atoms with Crippen molar-refractivity contribution in [2.24, 2.45) is 5.92 Å². The van der Waals surface area contributed by atoms with Crippen LogP contribution in [0.4, 0.5) is 0 Å². The summed E-state index contributed by atoms with van der Waals surface area (Å²) < 4.78 is 5.60. The van der Waals surface area contributed by atoms with E-state index >= 15 is 0 Å². The van der Waals surface area contributed by atoms with Crippen LogP contribution in [0.2, 0.25) is 0 Å². The number of carboxylic acid groups (broad SMARTS) is 1. The van der Waals surface area contributed by atoms with Crippen LogP contribution < -0.4 is 4.74 Å². The van der Waals surface area contributed by atoms with Gasteiger partial charge in [0.05, 0.1) is 6.54 Å². The van der Waals surface area contributed by atoms with Gasteiger partial charge in [0.2, 0.25) is 5.91 Å². The van der Waals surface area contributed by atoms with Crippen molar-refractivity contribution < 1.29 is 19.4 Å². The maximum absolute atomic E-state index is 11.7. The molecule has 1 aromatic rings. The van der Waals surface area contributed by atoms with E-state index in [-0.39, 0.29) is 5.91 Å². The number of carbonyl (C=O) groups is 2. The molecule has 5 heteroatoms. The Balaban J connectivity index is 1.83. The fraction of sp³-hybridized carbons (Fsp3) is 0.429. The van der Waals surface area contributed by atoms with Gasteiger partial charge >= 0.3 is 5.97 Å². The summed E-state index contributed by atoms with van der Waals surface area (Å²) in [6.07, 6.45) is 0.387. The van der Waals surface area contributed by atoms with Crippen molar-refractivity contribution in [2.45, 2.75) is 13.3 Å². The van der Waals surface area contributed by atoms with Gasteiger partial charge in [-0.25, -0.2) is 0 Å². The van der Waals surface area contributed by atoms with E-state index in [1.54, 1.807) is 4.90 Å². The monoisotopic (exact) mass is 263 g/mol. The molecule has 0 bridgehead atoms. The molecule has 1 aromatic carbocycles. The highest BCUT2D eigenvalue weighted by Crippen LogP contribution is 2.19. The van der Waals surface area contributed by atoms with Gasteiger partial charge < -0.3 is 14.7 Å². The third-order valence-corrected chi connectivity index (χ3v) is 3.31. The van der Waals surface area contributed by atoms with Crippen LogP contribution in [-0.2, 0) is 9.59 Å². The Labute approximate surface area is 111 Å². The molecule has 1 heterocycles. The Kier molecular flexibility index (Phi) is 4.04. The molecule has 2 rings (SSSR count). The number of hydrogen-bond donors (Lipinski definition) is 1. The SMILES string of the molecule is Cc1ccccc1OCCN1CCC(C(=O)O)C1=O. The Morgan fingerprint density at radius 3 is 2.84 bits per heavy atom. The third-order valence-electron chi connectivity index (χ3n) is 3.31. The van der Waals surface area contributed by atoms with E-state index in [1.165, 1.54) is 0 Å². The minimum absolute atomic E-state index is 0.305. The summed E-state index contributed by atoms with van der Waals surface area (Å²) in [6, 6.07) is 7.66. The minimum Gasteiger partial charge on any atom is -0.491 e. The van der Waals surface area contributed by atoms with Crippen LogP contribution in [0.1, 0.15) is 12.0 Å². The van der Waals surface area contributed by atoms with E-state index in [0.29, 0.717) is 26.1 Å². The van der Waals surface area contributed by atoms with Crippen molar-refractivity contribution in [2.75, 3.05) is 19.7 Å². The average Bonchev–Trinajstić information content (AvgIpc) is 2.74. The molecule has 19 heavy (non-hydrogen) atoms. The first-order valence-corrected chi connectivity index (χ1v) is 6.29. The van der Waals surface area contributed by atoms with E-state index in [4.69, 9.17) is 9.84 Å². The molecule has 1 aliphatic heterocycles. The lowest BCUT2D eigenvalue weighted by molar-refractivity contribution is -0.147. The van der Waals surface area contributed by atoms with Gasteiger partial charge in [-0.2, -0.15) is 0 Å². The highest BCUT2D eigenvalue weighted by atomic mass is 16.5. The number of rotatable bonds is 5. The normalized spacial score (nSPS) is 18.7. The molecule has 1 amide bonds. The highest BCUT2D eigenvalue weighted by molar-refractivity contribution is 5.98. The zero-order valence-electron chi connectivity index (χ0n) is 10.8. The largest absolute Gasteiger partial charge is 0.491 e. The molecule has 1 N–H and O–H groups in total. The van der Waals surface area contributed by atoms with Gasteiger partial charge in [-0.15, -0.1) is 0 Å². The topological polar surface area (TPSA) is 66.8 Å². The molecule has 0 spiro atoms. The second-order valence-electron chi connectivity index (χ2n) is 4.62. The number of carboxylic acids is 1. The van der Waals surface area contributed by atoms with Crippen LogP contribution in [-0.4, -0.2) is 41.6 Å². The number of nitrogens with zero attached hydrogens (tertiary/aromatic N) is 1. The molecular weight excluding hydrogens is 246 g/mol. The molecule has 1 saturated heterocycles. The van der Waals surface area contributed by atoms with Crippen LogP contribution in [0.5, 0.6) is 5.75 Å². The van der Waals surface area contributed by atoms with Gasteiger partial charge in [-0.1, -0.05) is 18.2 Å². The summed E-state index contributed by atoms with van der Waals surface area (Å²) in [5.74, 6) is -1.42. The third kappa shape index (κ3) is 3.05. The molecule has 102 valence electrons. The van der Waals surface area contributed by atoms with Crippen LogP contribution >= 0.6 is 0 Å². The number of aryl methyl sites for hydroxylation is 1. The van der Waals surface area contributed by atoms with Gasteiger partial charge in [0.25, 0.3) is 0 Å². The van der Waals surface area contributed by atoms with Gasteiger partial charge in [0.1, 0.15) is 18.3 Å². The average molecular weight is 263 g/mol. The Morgan fingerprint density at radius 2 is 2.21 bits per heavy atom. The summed E-state index contributed by atoms with van der Waals surface area (Å²) in [5, 5.41) is 8.86. The first-order chi connectivity index (χ1) is 9.09. The standard InChI is InChI=1S/C14H17NO4/c1-10-4-2-3-5-12(10)19-9-8-15-7-6-11(13(15)16)14(17)18/h2-5,11H,6-9H2,1H3,(H,17,18). The fourth-order valence-electron chi connectivity index (χ4n) is 2.17. The van der Waals surface area contributed by atoms with Crippen molar-refractivity contribution in [1.29, 1.82) is 0 Å². The lowest BCUT2D eigenvalue weighted by Gasteiger charge is -2.17. The minimum atomic E-state index is -1.03. The molecule has 0 aliphatic carbocycles. The van der Waals surface area contributed by atoms with E-state index in [9.17, 15) is 9.59 Å². The molecule has 5 nitrogen and oxygen atoms in total.